The van der Waals surface area contributed by atoms with Crippen molar-refractivity contribution < 1.29 is 19.1 Å². The Bertz CT molecular complexity index is 1180. The van der Waals surface area contributed by atoms with Gasteiger partial charge in [-0.05, 0) is 81.5 Å². The van der Waals surface area contributed by atoms with Crippen molar-refractivity contribution in [1.29, 1.82) is 0 Å². The summed E-state index contributed by atoms with van der Waals surface area (Å²) in [6.45, 7) is 8.41. The number of amides is 2. The van der Waals surface area contributed by atoms with Crippen molar-refractivity contribution in [3.63, 3.8) is 0 Å². The van der Waals surface area contributed by atoms with Crippen LogP contribution < -0.4 is 14.8 Å². The van der Waals surface area contributed by atoms with E-state index in [2.05, 4.69) is 30.2 Å². The van der Waals surface area contributed by atoms with E-state index in [-0.39, 0.29) is 18.4 Å². The highest BCUT2D eigenvalue weighted by molar-refractivity contribution is 5.95. The van der Waals surface area contributed by atoms with Gasteiger partial charge >= 0.3 is 0 Å². The van der Waals surface area contributed by atoms with Gasteiger partial charge in [0.15, 0.2) is 18.1 Å². The second kappa shape index (κ2) is 10.6. The molecule has 1 aliphatic rings. The summed E-state index contributed by atoms with van der Waals surface area (Å²) in [6.07, 6.45) is 3.25. The lowest BCUT2D eigenvalue weighted by molar-refractivity contribution is -0.134. The van der Waals surface area contributed by atoms with Gasteiger partial charge in [0.25, 0.3) is 11.8 Å². The maximum Gasteiger partial charge on any atom is 0.260 e. The first-order valence-electron chi connectivity index (χ1n) is 12.0. The maximum atomic E-state index is 12.8. The van der Waals surface area contributed by atoms with Gasteiger partial charge < -0.3 is 24.7 Å². The number of rotatable bonds is 8. The van der Waals surface area contributed by atoms with Crippen LogP contribution in [0.2, 0.25) is 0 Å². The number of aromatic nitrogens is 1. The zero-order chi connectivity index (χ0) is 24.1. The number of ether oxygens (including phenoxy) is 2. The third-order valence-electron chi connectivity index (χ3n) is 6.39. The molecule has 0 spiro atoms. The smallest absolute Gasteiger partial charge is 0.260 e. The minimum atomic E-state index is -0.195. The third kappa shape index (κ3) is 5.35. The molecule has 0 unspecified atom stereocenters. The fourth-order valence-electron chi connectivity index (χ4n) is 4.31. The molecule has 0 atom stereocenters. The molecule has 1 aromatic heterocycles. The highest BCUT2D eigenvalue weighted by Crippen LogP contribution is 2.29. The second-order valence-electron chi connectivity index (χ2n) is 8.76. The molecule has 0 aliphatic carbocycles. The molecule has 4 rings (SSSR count). The quantitative estimate of drug-likeness (QED) is 0.515. The summed E-state index contributed by atoms with van der Waals surface area (Å²) in [5.41, 5.74) is 4.98. The Balaban J connectivity index is 1.40. The van der Waals surface area contributed by atoms with E-state index in [1.807, 2.05) is 24.0 Å². The number of nitrogens with one attached hydrogen (secondary N) is 2. The van der Waals surface area contributed by atoms with Gasteiger partial charge in [0.05, 0.1) is 6.61 Å². The van der Waals surface area contributed by atoms with Crippen LogP contribution in [-0.4, -0.2) is 48.0 Å². The van der Waals surface area contributed by atoms with E-state index in [0.717, 1.165) is 42.7 Å². The molecule has 3 aromatic rings. The lowest BCUT2D eigenvalue weighted by Crippen LogP contribution is -2.38. The predicted molar refractivity (Wildman–Crippen MR) is 132 cm³/mol. The number of hydrogen-bond acceptors (Lipinski definition) is 4. The molecule has 7 nitrogen and oxygen atoms in total. The van der Waals surface area contributed by atoms with Crippen LogP contribution in [0.4, 0.5) is 0 Å². The third-order valence-corrected chi connectivity index (χ3v) is 6.39. The molecule has 34 heavy (non-hydrogen) atoms. The van der Waals surface area contributed by atoms with Gasteiger partial charge in [-0.3, -0.25) is 9.59 Å². The Morgan fingerprint density at radius 1 is 1.00 bits per heavy atom. The summed E-state index contributed by atoms with van der Waals surface area (Å²) < 4.78 is 11.5. The molecular weight excluding hydrogens is 430 g/mol. The highest BCUT2D eigenvalue weighted by Gasteiger charge is 2.18. The van der Waals surface area contributed by atoms with Crippen molar-refractivity contribution in [2.75, 3.05) is 26.3 Å². The van der Waals surface area contributed by atoms with Gasteiger partial charge in [-0.1, -0.05) is 6.07 Å². The zero-order valence-corrected chi connectivity index (χ0v) is 20.2. The molecule has 0 radical (unpaired) electrons. The number of aromatic amines is 1. The number of piperidine rings is 1. The Labute approximate surface area is 200 Å². The minimum Gasteiger partial charge on any atom is -0.490 e. The van der Waals surface area contributed by atoms with Crippen LogP contribution in [0.15, 0.2) is 36.4 Å². The summed E-state index contributed by atoms with van der Waals surface area (Å²) in [7, 11) is 0. The molecule has 2 amide bonds. The number of nitrogens with zero attached hydrogens (tertiary/aromatic N) is 1. The molecule has 2 aromatic carbocycles. The van der Waals surface area contributed by atoms with Crippen molar-refractivity contribution in [1.82, 2.24) is 15.2 Å². The molecule has 1 saturated heterocycles. The van der Waals surface area contributed by atoms with E-state index in [9.17, 15) is 9.59 Å². The van der Waals surface area contributed by atoms with Gasteiger partial charge in [0, 0.05) is 41.8 Å². The van der Waals surface area contributed by atoms with Crippen LogP contribution in [0.1, 0.15) is 53.4 Å². The van der Waals surface area contributed by atoms with Gasteiger partial charge in [-0.2, -0.15) is 0 Å². The summed E-state index contributed by atoms with van der Waals surface area (Å²) >= 11 is 0. The molecular formula is C27H33N3O4. The first-order chi connectivity index (χ1) is 16.5. The monoisotopic (exact) mass is 463 g/mol. The minimum absolute atomic E-state index is 0.0196. The second-order valence-corrected chi connectivity index (χ2v) is 8.76. The summed E-state index contributed by atoms with van der Waals surface area (Å²) in [4.78, 5) is 30.5. The number of hydrogen-bond donors (Lipinski definition) is 2. The lowest BCUT2D eigenvalue weighted by atomic mass is 10.1. The zero-order valence-electron chi connectivity index (χ0n) is 20.2. The normalized spacial score (nSPS) is 13.7. The van der Waals surface area contributed by atoms with Gasteiger partial charge in [-0.25, -0.2) is 0 Å². The molecule has 2 heterocycles. The number of H-pyrrole nitrogens is 1. The summed E-state index contributed by atoms with van der Waals surface area (Å²) in [6, 6.07) is 11.2. The summed E-state index contributed by atoms with van der Waals surface area (Å²) in [5.74, 6) is 0.710. The largest absolute Gasteiger partial charge is 0.490 e. The van der Waals surface area contributed by atoms with E-state index in [4.69, 9.17) is 9.47 Å². The van der Waals surface area contributed by atoms with Gasteiger partial charge in [0.2, 0.25) is 0 Å². The number of aryl methyl sites for hydroxylation is 2. The first-order valence-corrected chi connectivity index (χ1v) is 12.0. The van der Waals surface area contributed by atoms with Crippen molar-refractivity contribution >= 4 is 22.7 Å². The van der Waals surface area contributed by atoms with Crippen LogP contribution >= 0.6 is 0 Å². The predicted octanol–water partition coefficient (Wildman–Crippen LogP) is 4.50. The van der Waals surface area contributed by atoms with Crippen molar-refractivity contribution in [2.45, 2.75) is 46.6 Å². The van der Waals surface area contributed by atoms with Crippen molar-refractivity contribution in [2.24, 2.45) is 0 Å². The SMILES string of the molecule is CCOc1cc(C(=O)NCc2ccc3[nH]c(C)c(C)c3c2)ccc1OCC(=O)N1CCCCC1. The fourth-order valence-corrected chi connectivity index (χ4v) is 4.31. The van der Waals surface area contributed by atoms with Crippen LogP contribution in [0, 0.1) is 13.8 Å². The lowest BCUT2D eigenvalue weighted by Gasteiger charge is -2.26. The number of benzene rings is 2. The average Bonchev–Trinajstić information content (AvgIpc) is 3.15. The number of likely N-dealkylation sites (tertiary alicyclic amines) is 1. The van der Waals surface area contributed by atoms with Crippen LogP contribution in [0.5, 0.6) is 11.5 Å². The Hall–Kier alpha value is -3.48. The molecule has 1 aliphatic heterocycles. The fraction of sp³-hybridized carbons (Fsp3) is 0.407. The van der Waals surface area contributed by atoms with Gasteiger partial charge in [0.1, 0.15) is 0 Å². The van der Waals surface area contributed by atoms with E-state index in [1.165, 1.54) is 17.4 Å². The highest BCUT2D eigenvalue weighted by atomic mass is 16.5. The molecule has 1 fully saturated rings. The Morgan fingerprint density at radius 3 is 2.56 bits per heavy atom. The van der Waals surface area contributed by atoms with Gasteiger partial charge in [-0.15, -0.1) is 0 Å². The Morgan fingerprint density at radius 2 is 1.79 bits per heavy atom. The van der Waals surface area contributed by atoms with E-state index < -0.39 is 0 Å². The standard InChI is InChI=1S/C27H33N3O4/c1-4-33-25-15-21(9-11-24(25)34-17-26(31)30-12-6-5-7-13-30)27(32)28-16-20-8-10-23-22(14-20)18(2)19(3)29-23/h8-11,14-15,29H,4-7,12-13,16-17H2,1-3H3,(H,28,32). The van der Waals surface area contributed by atoms with E-state index in [0.29, 0.717) is 30.2 Å². The Kier molecular flexibility index (Phi) is 7.40. The van der Waals surface area contributed by atoms with Crippen molar-refractivity contribution in [3.05, 3.63) is 58.8 Å². The van der Waals surface area contributed by atoms with Crippen LogP contribution in [0.25, 0.3) is 10.9 Å². The molecule has 2 N–H and O–H groups in total. The first kappa shape index (κ1) is 23.7. The topological polar surface area (TPSA) is 83.7 Å². The van der Waals surface area contributed by atoms with E-state index >= 15 is 0 Å². The van der Waals surface area contributed by atoms with Crippen LogP contribution in [0.3, 0.4) is 0 Å². The number of carbonyl (C=O) groups is 2. The molecule has 7 heteroatoms. The number of fused-ring (bicyclic) bond motifs is 1. The van der Waals surface area contributed by atoms with E-state index in [1.54, 1.807) is 18.2 Å². The molecule has 180 valence electrons. The average molecular weight is 464 g/mol. The molecule has 0 bridgehead atoms. The number of carbonyl (C=O) groups excluding carboxylic acids is 2. The van der Waals surface area contributed by atoms with Crippen molar-refractivity contribution in [3.8, 4) is 11.5 Å². The molecule has 0 saturated carbocycles. The van der Waals surface area contributed by atoms with Crippen LogP contribution in [-0.2, 0) is 11.3 Å². The maximum absolute atomic E-state index is 12.8. The summed E-state index contributed by atoms with van der Waals surface area (Å²) in [5, 5.41) is 4.15.